The molecule has 0 spiro atoms. The fourth-order valence-corrected chi connectivity index (χ4v) is 11.2. The minimum Gasteiger partial charge on any atom is -0.394 e. The summed E-state index contributed by atoms with van der Waals surface area (Å²) in [4.78, 5) is 13.4. The minimum atomic E-state index is -1.98. The summed E-state index contributed by atoms with van der Waals surface area (Å²) in [6, 6.07) is -0.904. The lowest BCUT2D eigenvalue weighted by Gasteiger charge is -2.48. The van der Waals surface area contributed by atoms with E-state index in [1.54, 1.807) is 0 Å². The second-order valence-corrected chi connectivity index (χ2v) is 24.3. The first-order chi connectivity index (χ1) is 43.3. The van der Waals surface area contributed by atoms with Gasteiger partial charge in [0.15, 0.2) is 18.9 Å². The number of ether oxygens (including phenoxy) is 6. The van der Waals surface area contributed by atoms with E-state index in [9.17, 15) is 61.0 Å². The van der Waals surface area contributed by atoms with Gasteiger partial charge in [0.2, 0.25) is 5.91 Å². The van der Waals surface area contributed by atoms with Crippen molar-refractivity contribution in [3.05, 3.63) is 85.1 Å². The van der Waals surface area contributed by atoms with Crippen LogP contribution in [0.5, 0.6) is 0 Å². The minimum absolute atomic E-state index is 0.239. The Morgan fingerprint density at radius 1 is 0.416 bits per heavy atom. The first-order valence-electron chi connectivity index (χ1n) is 34.3. The Balaban J connectivity index is 1.44. The van der Waals surface area contributed by atoms with E-state index in [4.69, 9.17) is 28.4 Å². The number of amides is 1. The van der Waals surface area contributed by atoms with Gasteiger partial charge in [-0.05, 0) is 70.6 Å². The number of unbranched alkanes of at least 4 members (excludes halogenated alkanes) is 21. The maximum Gasteiger partial charge on any atom is 0.220 e. The molecule has 89 heavy (non-hydrogen) atoms. The van der Waals surface area contributed by atoms with E-state index in [0.717, 1.165) is 103 Å². The molecule has 1 amide bonds. The lowest BCUT2D eigenvalue weighted by atomic mass is 9.96. The normalized spacial score (nSPS) is 28.8. The first-order valence-corrected chi connectivity index (χ1v) is 34.3. The molecular formula is C70H121NO18. The highest BCUT2D eigenvalue weighted by atomic mass is 16.8. The zero-order chi connectivity index (χ0) is 64.7. The van der Waals surface area contributed by atoms with E-state index in [-0.39, 0.29) is 18.9 Å². The third-order valence-corrected chi connectivity index (χ3v) is 16.7. The van der Waals surface area contributed by atoms with Crippen LogP contribution in [0, 0.1) is 0 Å². The van der Waals surface area contributed by atoms with E-state index in [1.807, 2.05) is 0 Å². The molecular weight excluding hydrogens is 1140 g/mol. The third-order valence-electron chi connectivity index (χ3n) is 16.7. The average Bonchev–Trinajstić information content (AvgIpc) is 2.46. The number of carbonyl (C=O) groups excluding carboxylic acids is 1. The predicted octanol–water partition coefficient (Wildman–Crippen LogP) is 8.71. The number of nitrogens with one attached hydrogen (secondary N) is 1. The molecule has 0 aromatic carbocycles. The van der Waals surface area contributed by atoms with Crippen LogP contribution in [0.25, 0.3) is 0 Å². The summed E-state index contributed by atoms with van der Waals surface area (Å²) >= 11 is 0. The molecule has 0 aromatic heterocycles. The van der Waals surface area contributed by atoms with Gasteiger partial charge in [0, 0.05) is 6.42 Å². The standard InChI is InChI=1S/C70H121NO18/c1-3-5-7-9-11-13-15-17-19-21-22-23-24-25-26-27-28-29-30-32-34-36-38-40-42-44-46-48-58(76)71-53(54(75)47-45-43-41-39-37-35-33-31-20-18-16-14-12-10-8-6-4-2)52-84-68-64(82)61(79)66(56(50-73)86-68)89-70-65(83)62(80)67(57(51-74)87-70)88-69-63(81)60(78)59(77)55(49-72)85-69/h5,7,11,13,17,19,22-23,25-26,28-29,32,34,53-57,59-70,72-75,77-83H,3-4,6,8-10,12,14-16,18,20-21,24,27,30-31,33,35-52H2,1-2H3,(H,71,76)/b7-5-,13-11-,19-17-,23-22-,26-25-,29-28-,34-32-. The lowest BCUT2D eigenvalue weighted by molar-refractivity contribution is -0.379. The number of hydrogen-bond donors (Lipinski definition) is 12. The van der Waals surface area contributed by atoms with Gasteiger partial charge in [-0.15, -0.1) is 0 Å². The quantitative estimate of drug-likeness (QED) is 0.0200. The van der Waals surface area contributed by atoms with Crippen LogP contribution in [0.3, 0.4) is 0 Å². The second-order valence-electron chi connectivity index (χ2n) is 24.3. The van der Waals surface area contributed by atoms with Crippen LogP contribution in [0.1, 0.15) is 219 Å². The molecule has 0 aromatic rings. The zero-order valence-corrected chi connectivity index (χ0v) is 54.1. The van der Waals surface area contributed by atoms with E-state index in [0.29, 0.717) is 12.8 Å². The van der Waals surface area contributed by atoms with Gasteiger partial charge in [0.05, 0.1) is 38.6 Å². The molecule has 19 nitrogen and oxygen atoms in total. The Morgan fingerprint density at radius 2 is 0.775 bits per heavy atom. The van der Waals surface area contributed by atoms with Gasteiger partial charge in [0.25, 0.3) is 0 Å². The Labute approximate surface area is 533 Å². The molecule has 3 rings (SSSR count). The molecule has 0 bridgehead atoms. The fourth-order valence-electron chi connectivity index (χ4n) is 11.2. The van der Waals surface area contributed by atoms with Crippen LogP contribution in [0.4, 0.5) is 0 Å². The number of aliphatic hydroxyl groups is 11. The molecule has 3 fully saturated rings. The molecule has 3 aliphatic rings. The fraction of sp³-hybridized carbons (Fsp3) is 0.786. The molecule has 0 saturated carbocycles. The Bertz CT molecular complexity index is 1940. The number of allylic oxidation sites excluding steroid dienone is 14. The number of carbonyl (C=O) groups is 1. The summed E-state index contributed by atoms with van der Waals surface area (Å²) in [6.07, 6.45) is 37.9. The van der Waals surface area contributed by atoms with Crippen molar-refractivity contribution in [3.63, 3.8) is 0 Å². The first kappa shape index (κ1) is 80.2. The molecule has 12 N–H and O–H groups in total. The molecule has 17 unspecified atom stereocenters. The van der Waals surface area contributed by atoms with Crippen molar-refractivity contribution in [1.82, 2.24) is 5.32 Å². The molecule has 3 aliphatic heterocycles. The Morgan fingerprint density at radius 3 is 1.21 bits per heavy atom. The van der Waals surface area contributed by atoms with Gasteiger partial charge in [0.1, 0.15) is 73.2 Å². The van der Waals surface area contributed by atoms with Crippen LogP contribution in [0.15, 0.2) is 85.1 Å². The topological polar surface area (TPSA) is 307 Å². The van der Waals surface area contributed by atoms with Crippen molar-refractivity contribution in [2.24, 2.45) is 0 Å². The maximum absolute atomic E-state index is 13.4. The monoisotopic (exact) mass is 1260 g/mol. The highest BCUT2D eigenvalue weighted by Crippen LogP contribution is 2.33. The van der Waals surface area contributed by atoms with Crippen molar-refractivity contribution in [3.8, 4) is 0 Å². The predicted molar refractivity (Wildman–Crippen MR) is 346 cm³/mol. The Hall–Kier alpha value is -3.03. The van der Waals surface area contributed by atoms with E-state index >= 15 is 0 Å². The maximum atomic E-state index is 13.4. The Kier molecular flexibility index (Phi) is 46.3. The van der Waals surface area contributed by atoms with Crippen LogP contribution >= 0.6 is 0 Å². The largest absolute Gasteiger partial charge is 0.394 e. The highest BCUT2D eigenvalue weighted by Gasteiger charge is 2.53. The van der Waals surface area contributed by atoms with Crippen LogP contribution in [-0.4, -0.2) is 193 Å². The van der Waals surface area contributed by atoms with Crippen molar-refractivity contribution in [1.29, 1.82) is 0 Å². The second kappa shape index (κ2) is 51.4. The molecule has 0 radical (unpaired) electrons. The van der Waals surface area contributed by atoms with Gasteiger partial charge >= 0.3 is 0 Å². The summed E-state index contributed by atoms with van der Waals surface area (Å²) in [5.74, 6) is -0.264. The van der Waals surface area contributed by atoms with E-state index in [2.05, 4.69) is 104 Å². The third kappa shape index (κ3) is 33.6. The highest BCUT2D eigenvalue weighted by molar-refractivity contribution is 5.76. The van der Waals surface area contributed by atoms with Crippen molar-refractivity contribution < 1.29 is 89.4 Å². The van der Waals surface area contributed by atoms with Gasteiger partial charge in [-0.2, -0.15) is 0 Å². The van der Waals surface area contributed by atoms with Crippen LogP contribution in [0.2, 0.25) is 0 Å². The van der Waals surface area contributed by atoms with E-state index in [1.165, 1.54) is 83.5 Å². The van der Waals surface area contributed by atoms with Crippen LogP contribution in [-0.2, 0) is 33.2 Å². The van der Waals surface area contributed by atoms with Crippen molar-refractivity contribution in [2.45, 2.75) is 324 Å². The van der Waals surface area contributed by atoms with Gasteiger partial charge < -0.3 is 89.9 Å². The average molecular weight is 1260 g/mol. The number of aliphatic hydroxyl groups excluding tert-OH is 11. The summed E-state index contributed by atoms with van der Waals surface area (Å²) in [6.45, 7) is 1.66. The number of rotatable bonds is 51. The van der Waals surface area contributed by atoms with Gasteiger partial charge in [-0.1, -0.05) is 227 Å². The molecule has 3 heterocycles. The lowest BCUT2D eigenvalue weighted by Crippen LogP contribution is -2.66. The van der Waals surface area contributed by atoms with Crippen molar-refractivity contribution in [2.75, 3.05) is 26.4 Å². The molecule has 514 valence electrons. The SMILES string of the molecule is CC/C=C\C/C=C\C/C=C\C/C=C\C/C=C\C/C=C\C/C=C\CCCCCCCC(=O)NC(COC1OC(CO)C(OC2OC(CO)C(OC3OC(CO)C(O)C(O)C3O)C(O)C2O)C(O)C1O)C(O)CCCCCCCCCCCCCCCCCCC. The molecule has 3 saturated heterocycles. The summed E-state index contributed by atoms with van der Waals surface area (Å²) in [7, 11) is 0. The molecule has 19 heteroatoms. The van der Waals surface area contributed by atoms with Gasteiger partial charge in [-0.3, -0.25) is 4.79 Å². The number of hydrogen-bond acceptors (Lipinski definition) is 18. The summed E-state index contributed by atoms with van der Waals surface area (Å²) in [5.41, 5.74) is 0. The summed E-state index contributed by atoms with van der Waals surface area (Å²) < 4.78 is 34.4. The molecule has 17 atom stereocenters. The van der Waals surface area contributed by atoms with Gasteiger partial charge in [-0.25, -0.2) is 0 Å². The van der Waals surface area contributed by atoms with E-state index < -0.39 is 124 Å². The molecule has 0 aliphatic carbocycles. The zero-order valence-electron chi connectivity index (χ0n) is 54.1. The smallest absolute Gasteiger partial charge is 0.220 e. The van der Waals surface area contributed by atoms with Crippen molar-refractivity contribution >= 4 is 5.91 Å². The summed E-state index contributed by atoms with van der Waals surface area (Å²) in [5, 5.41) is 121. The van der Waals surface area contributed by atoms with Crippen LogP contribution < -0.4 is 5.32 Å².